The van der Waals surface area contributed by atoms with Crippen LogP contribution in [0.3, 0.4) is 0 Å². The van der Waals surface area contributed by atoms with Gasteiger partial charge >= 0.3 is 0 Å². The normalized spacial score (nSPS) is 20.5. The van der Waals surface area contributed by atoms with Gasteiger partial charge in [0, 0.05) is 32.7 Å². The molecule has 1 atom stereocenters. The van der Waals surface area contributed by atoms with Gasteiger partial charge in [-0.15, -0.1) is 0 Å². The van der Waals surface area contributed by atoms with Gasteiger partial charge in [0.1, 0.15) is 0 Å². The highest BCUT2D eigenvalue weighted by Crippen LogP contribution is 2.03. The largest absolute Gasteiger partial charge is 0.395 e. The van der Waals surface area contributed by atoms with Crippen LogP contribution in [0.25, 0.3) is 0 Å². The van der Waals surface area contributed by atoms with E-state index in [9.17, 15) is 0 Å². The third-order valence-electron chi connectivity index (χ3n) is 2.62. The number of β-amino-alcohol motifs (C(OH)–C–C–N with tert-alkyl or cyclic N) is 1. The molecule has 0 aromatic heterocycles. The molecule has 6 heteroatoms. The molecule has 0 bridgehead atoms. The zero-order valence-electron chi connectivity index (χ0n) is 10.6. The van der Waals surface area contributed by atoms with Crippen molar-refractivity contribution in [1.29, 1.82) is 0 Å². The van der Waals surface area contributed by atoms with Gasteiger partial charge in [0.15, 0.2) is 0 Å². The molecule has 1 aliphatic rings. The average Bonchev–Trinajstić information content (AvgIpc) is 2.65. The summed E-state index contributed by atoms with van der Waals surface area (Å²) in [5, 5.41) is 34.3. The zero-order chi connectivity index (χ0) is 13.1. The molecule has 1 rings (SSSR count). The summed E-state index contributed by atoms with van der Waals surface area (Å²) in [6.45, 7) is 3.67. The van der Waals surface area contributed by atoms with Gasteiger partial charge in [0.2, 0.25) is 0 Å². The van der Waals surface area contributed by atoms with Gasteiger partial charge in [-0.2, -0.15) is 0 Å². The van der Waals surface area contributed by atoms with Crippen LogP contribution in [-0.2, 0) is 0 Å². The van der Waals surface area contributed by atoms with Crippen LogP contribution in [0.1, 0.15) is 6.42 Å². The number of rotatable bonds is 6. The molecular formula is C11H26N2O4. The van der Waals surface area contributed by atoms with E-state index in [4.69, 9.17) is 20.4 Å². The molecule has 17 heavy (non-hydrogen) atoms. The number of aliphatic hydroxyl groups excluding tert-OH is 4. The van der Waals surface area contributed by atoms with Crippen LogP contribution in [-0.4, -0.2) is 95.9 Å². The number of aliphatic hydroxyl groups is 4. The molecule has 1 heterocycles. The van der Waals surface area contributed by atoms with Crippen molar-refractivity contribution < 1.29 is 20.4 Å². The fraction of sp³-hybridized carbons (Fsp3) is 1.00. The van der Waals surface area contributed by atoms with Crippen molar-refractivity contribution >= 4 is 0 Å². The predicted octanol–water partition coefficient (Wildman–Crippen LogP) is -2.05. The van der Waals surface area contributed by atoms with Gasteiger partial charge < -0.3 is 25.3 Å². The van der Waals surface area contributed by atoms with Gasteiger partial charge in [-0.05, 0) is 13.5 Å². The van der Waals surface area contributed by atoms with Crippen LogP contribution in [0, 0.1) is 0 Å². The average molecular weight is 250 g/mol. The van der Waals surface area contributed by atoms with Crippen LogP contribution in [0.2, 0.25) is 0 Å². The molecule has 104 valence electrons. The third-order valence-corrected chi connectivity index (χ3v) is 2.62. The van der Waals surface area contributed by atoms with E-state index in [0.29, 0.717) is 19.6 Å². The van der Waals surface area contributed by atoms with Crippen molar-refractivity contribution in [3.8, 4) is 0 Å². The van der Waals surface area contributed by atoms with Crippen molar-refractivity contribution in [3.63, 3.8) is 0 Å². The Balaban J connectivity index is 0.000000318. The fourth-order valence-electron chi connectivity index (χ4n) is 1.67. The molecular weight excluding hydrogens is 224 g/mol. The quantitative estimate of drug-likeness (QED) is 0.434. The van der Waals surface area contributed by atoms with E-state index in [2.05, 4.69) is 4.90 Å². The van der Waals surface area contributed by atoms with E-state index in [1.54, 1.807) is 4.90 Å². The maximum atomic E-state index is 8.86. The molecule has 1 unspecified atom stereocenters. The van der Waals surface area contributed by atoms with E-state index >= 15 is 0 Å². The van der Waals surface area contributed by atoms with E-state index in [1.807, 2.05) is 7.05 Å². The Hall–Kier alpha value is -0.240. The summed E-state index contributed by atoms with van der Waals surface area (Å²) < 4.78 is 0. The molecule has 4 N–H and O–H groups in total. The minimum absolute atomic E-state index is 0.0509. The monoisotopic (exact) mass is 250 g/mol. The Labute approximate surface area is 103 Å². The second-order valence-electron chi connectivity index (χ2n) is 4.22. The number of nitrogens with zero attached hydrogens (tertiary/aromatic N) is 2. The first kappa shape index (κ1) is 16.8. The Morgan fingerprint density at radius 2 is 1.53 bits per heavy atom. The van der Waals surface area contributed by atoms with Gasteiger partial charge in [-0.3, -0.25) is 4.90 Å². The van der Waals surface area contributed by atoms with Crippen molar-refractivity contribution in [1.82, 2.24) is 9.80 Å². The summed E-state index contributed by atoms with van der Waals surface area (Å²) in [4.78, 5) is 3.92. The molecule has 0 aromatic carbocycles. The van der Waals surface area contributed by atoms with Gasteiger partial charge in [0.25, 0.3) is 0 Å². The van der Waals surface area contributed by atoms with Crippen LogP contribution in [0.5, 0.6) is 0 Å². The minimum Gasteiger partial charge on any atom is -0.395 e. The van der Waals surface area contributed by atoms with Crippen molar-refractivity contribution in [3.05, 3.63) is 0 Å². The van der Waals surface area contributed by atoms with Crippen LogP contribution in [0.15, 0.2) is 0 Å². The van der Waals surface area contributed by atoms with Crippen LogP contribution in [0.4, 0.5) is 0 Å². The Bertz CT molecular complexity index is 149. The molecule has 6 nitrogen and oxygen atoms in total. The standard InChI is InChI=1S/C6H15NO3.C5H11NO/c8-4-1-7(2-5-9)3-6-10;1-6-3-2-5(7)4-6/h8-10H,1-6H2;5,7H,2-4H2,1H3. The molecule has 1 saturated heterocycles. The number of hydrogen-bond acceptors (Lipinski definition) is 6. The first-order chi connectivity index (χ1) is 8.13. The lowest BCUT2D eigenvalue weighted by Gasteiger charge is -2.17. The highest BCUT2D eigenvalue weighted by molar-refractivity contribution is 4.70. The SMILES string of the molecule is CN1CCC(O)C1.OCCN(CCO)CCO. The lowest BCUT2D eigenvalue weighted by molar-refractivity contribution is 0.136. The summed E-state index contributed by atoms with van der Waals surface area (Å²) >= 11 is 0. The molecule has 0 aliphatic carbocycles. The summed E-state index contributed by atoms with van der Waals surface area (Å²) in [6, 6.07) is 0. The highest BCUT2D eigenvalue weighted by atomic mass is 16.3. The van der Waals surface area contributed by atoms with E-state index in [1.165, 1.54) is 0 Å². The van der Waals surface area contributed by atoms with Crippen molar-refractivity contribution in [2.45, 2.75) is 12.5 Å². The smallest absolute Gasteiger partial charge is 0.0679 e. The van der Waals surface area contributed by atoms with Gasteiger partial charge in [0.05, 0.1) is 25.9 Å². The Morgan fingerprint density at radius 3 is 1.71 bits per heavy atom. The Kier molecular flexibility index (Phi) is 10.7. The van der Waals surface area contributed by atoms with Crippen molar-refractivity contribution in [2.75, 3.05) is 59.6 Å². The molecule has 0 saturated carbocycles. The third kappa shape index (κ3) is 9.46. The maximum absolute atomic E-state index is 8.86. The second-order valence-corrected chi connectivity index (χ2v) is 4.22. The molecule has 1 aliphatic heterocycles. The first-order valence-corrected chi connectivity index (χ1v) is 6.05. The minimum atomic E-state index is -0.0509. The number of hydrogen-bond donors (Lipinski definition) is 4. The zero-order valence-corrected chi connectivity index (χ0v) is 10.6. The Morgan fingerprint density at radius 1 is 1.06 bits per heavy atom. The van der Waals surface area contributed by atoms with E-state index in [0.717, 1.165) is 19.5 Å². The summed E-state index contributed by atoms with van der Waals surface area (Å²) in [5.74, 6) is 0. The fourth-order valence-corrected chi connectivity index (χ4v) is 1.67. The molecule has 0 amide bonds. The second kappa shape index (κ2) is 10.9. The van der Waals surface area contributed by atoms with E-state index < -0.39 is 0 Å². The highest BCUT2D eigenvalue weighted by Gasteiger charge is 2.15. The summed E-state index contributed by atoms with van der Waals surface area (Å²) in [5.41, 5.74) is 0. The maximum Gasteiger partial charge on any atom is 0.0679 e. The number of likely N-dealkylation sites (N-methyl/N-ethyl adjacent to an activating group) is 1. The number of likely N-dealkylation sites (tertiary alicyclic amines) is 1. The molecule has 1 fully saturated rings. The molecule has 0 radical (unpaired) electrons. The van der Waals surface area contributed by atoms with E-state index in [-0.39, 0.29) is 25.9 Å². The van der Waals surface area contributed by atoms with Gasteiger partial charge in [-0.25, -0.2) is 0 Å². The lowest BCUT2D eigenvalue weighted by Crippen LogP contribution is -2.32. The molecule has 0 aromatic rings. The van der Waals surface area contributed by atoms with Gasteiger partial charge in [-0.1, -0.05) is 0 Å². The molecule has 0 spiro atoms. The van der Waals surface area contributed by atoms with Crippen LogP contribution < -0.4 is 0 Å². The summed E-state index contributed by atoms with van der Waals surface area (Å²) in [7, 11) is 2.02. The van der Waals surface area contributed by atoms with Crippen molar-refractivity contribution in [2.24, 2.45) is 0 Å². The topological polar surface area (TPSA) is 87.4 Å². The predicted molar refractivity (Wildman–Crippen MR) is 65.8 cm³/mol. The first-order valence-electron chi connectivity index (χ1n) is 6.05. The van der Waals surface area contributed by atoms with Crippen LogP contribution >= 0.6 is 0 Å². The summed E-state index contributed by atoms with van der Waals surface area (Å²) in [6.07, 6.45) is 0.904. The lowest BCUT2D eigenvalue weighted by atomic mass is 10.3.